The van der Waals surface area contributed by atoms with Gasteiger partial charge < -0.3 is 4.57 Å². The SMILES string of the molecule is CC1(Cn2c(CCCl)nc3cccnc32)CC1. The average Bonchev–Trinajstić information content (AvgIpc) is 2.95. The van der Waals surface area contributed by atoms with E-state index in [0.29, 0.717) is 11.3 Å². The summed E-state index contributed by atoms with van der Waals surface area (Å²) in [5.74, 6) is 1.68. The van der Waals surface area contributed by atoms with E-state index in [4.69, 9.17) is 11.6 Å². The van der Waals surface area contributed by atoms with Crippen molar-refractivity contribution in [1.29, 1.82) is 0 Å². The van der Waals surface area contributed by atoms with E-state index in [-0.39, 0.29) is 0 Å². The number of aromatic nitrogens is 3. The molecule has 2 aromatic heterocycles. The number of pyridine rings is 1. The van der Waals surface area contributed by atoms with Gasteiger partial charge in [0, 0.05) is 25.0 Å². The second-order valence-electron chi connectivity index (χ2n) is 5.21. The van der Waals surface area contributed by atoms with Gasteiger partial charge in [0.25, 0.3) is 0 Å². The van der Waals surface area contributed by atoms with Crippen molar-refractivity contribution in [2.45, 2.75) is 32.7 Å². The van der Waals surface area contributed by atoms with Crippen LogP contribution in [0.1, 0.15) is 25.6 Å². The highest BCUT2D eigenvalue weighted by Gasteiger charge is 2.38. The molecule has 1 aliphatic rings. The molecule has 0 saturated heterocycles. The molecule has 0 spiro atoms. The lowest BCUT2D eigenvalue weighted by atomic mass is 10.1. The number of halogens is 1. The zero-order chi connectivity index (χ0) is 11.9. The zero-order valence-electron chi connectivity index (χ0n) is 9.99. The Morgan fingerprint density at radius 1 is 1.47 bits per heavy atom. The predicted molar refractivity (Wildman–Crippen MR) is 69.3 cm³/mol. The van der Waals surface area contributed by atoms with Crippen LogP contribution in [0.15, 0.2) is 18.3 Å². The Labute approximate surface area is 106 Å². The summed E-state index contributed by atoms with van der Waals surface area (Å²) in [5.41, 5.74) is 2.43. The first-order chi connectivity index (χ1) is 8.22. The third-order valence-corrected chi connectivity index (χ3v) is 3.73. The third-order valence-electron chi connectivity index (χ3n) is 3.54. The Balaban J connectivity index is 2.07. The lowest BCUT2D eigenvalue weighted by Crippen LogP contribution is -2.12. The highest BCUT2D eigenvalue weighted by Crippen LogP contribution is 2.46. The molecule has 90 valence electrons. The molecule has 0 N–H and O–H groups in total. The van der Waals surface area contributed by atoms with Crippen molar-refractivity contribution in [1.82, 2.24) is 14.5 Å². The number of imidazole rings is 1. The van der Waals surface area contributed by atoms with Gasteiger partial charge >= 0.3 is 0 Å². The number of rotatable bonds is 4. The lowest BCUT2D eigenvalue weighted by molar-refractivity contribution is 0.460. The van der Waals surface area contributed by atoms with Crippen LogP contribution in [-0.2, 0) is 13.0 Å². The van der Waals surface area contributed by atoms with Gasteiger partial charge in [0.1, 0.15) is 11.3 Å². The topological polar surface area (TPSA) is 30.7 Å². The van der Waals surface area contributed by atoms with Gasteiger partial charge in [-0.05, 0) is 30.4 Å². The molecule has 2 aromatic rings. The summed E-state index contributed by atoms with van der Waals surface area (Å²) in [6.45, 7) is 3.35. The van der Waals surface area contributed by atoms with Gasteiger partial charge in [-0.15, -0.1) is 11.6 Å². The Morgan fingerprint density at radius 2 is 2.29 bits per heavy atom. The lowest BCUT2D eigenvalue weighted by Gasteiger charge is -2.12. The van der Waals surface area contributed by atoms with Gasteiger partial charge in [-0.25, -0.2) is 9.97 Å². The normalized spacial score (nSPS) is 17.5. The van der Waals surface area contributed by atoms with Crippen LogP contribution in [0.5, 0.6) is 0 Å². The van der Waals surface area contributed by atoms with E-state index >= 15 is 0 Å². The van der Waals surface area contributed by atoms with Crippen LogP contribution in [0.2, 0.25) is 0 Å². The summed E-state index contributed by atoms with van der Waals surface area (Å²) in [4.78, 5) is 9.08. The minimum atomic E-state index is 0.451. The van der Waals surface area contributed by atoms with Crippen LogP contribution in [0.3, 0.4) is 0 Å². The van der Waals surface area contributed by atoms with Gasteiger partial charge in [-0.3, -0.25) is 0 Å². The number of nitrogens with zero attached hydrogens (tertiary/aromatic N) is 3. The zero-order valence-corrected chi connectivity index (χ0v) is 10.7. The molecule has 1 saturated carbocycles. The van der Waals surface area contributed by atoms with Gasteiger partial charge in [0.2, 0.25) is 0 Å². The molecule has 17 heavy (non-hydrogen) atoms. The average molecular weight is 250 g/mol. The molecular weight excluding hydrogens is 234 g/mol. The Bertz CT molecular complexity index is 543. The van der Waals surface area contributed by atoms with Crippen LogP contribution in [0, 0.1) is 5.41 Å². The molecule has 0 bridgehead atoms. The summed E-state index contributed by atoms with van der Waals surface area (Å²) < 4.78 is 2.25. The molecule has 0 unspecified atom stereocenters. The number of alkyl halides is 1. The fourth-order valence-electron chi connectivity index (χ4n) is 2.20. The van der Waals surface area contributed by atoms with Crippen molar-refractivity contribution >= 4 is 22.8 Å². The molecule has 0 aromatic carbocycles. The second kappa shape index (κ2) is 3.98. The molecular formula is C13H16ClN3. The van der Waals surface area contributed by atoms with E-state index in [1.165, 1.54) is 12.8 Å². The first-order valence-corrected chi connectivity index (χ1v) is 6.61. The minimum absolute atomic E-state index is 0.451. The molecule has 4 heteroatoms. The molecule has 3 rings (SSSR count). The molecule has 0 amide bonds. The van der Waals surface area contributed by atoms with E-state index in [1.807, 2.05) is 18.3 Å². The third kappa shape index (κ3) is 2.04. The smallest absolute Gasteiger partial charge is 0.160 e. The fourth-order valence-corrected chi connectivity index (χ4v) is 2.37. The minimum Gasteiger partial charge on any atom is -0.312 e. The standard InChI is InChI=1S/C13H16ClN3/c1-13(5-6-13)9-17-11(4-7-14)16-10-3-2-8-15-12(10)17/h2-3,8H,4-7,9H2,1H3. The number of hydrogen-bond acceptors (Lipinski definition) is 2. The summed E-state index contributed by atoms with van der Waals surface area (Å²) in [6.07, 6.45) is 5.26. The highest BCUT2D eigenvalue weighted by atomic mass is 35.5. The molecule has 1 aliphatic carbocycles. The second-order valence-corrected chi connectivity index (χ2v) is 5.59. The molecule has 3 nitrogen and oxygen atoms in total. The largest absolute Gasteiger partial charge is 0.312 e. The van der Waals surface area contributed by atoms with Gasteiger partial charge in [-0.2, -0.15) is 0 Å². The molecule has 0 radical (unpaired) electrons. The van der Waals surface area contributed by atoms with Crippen molar-refractivity contribution in [2.24, 2.45) is 5.41 Å². The van der Waals surface area contributed by atoms with Crippen LogP contribution in [0.25, 0.3) is 11.2 Å². The van der Waals surface area contributed by atoms with E-state index in [0.717, 1.165) is 30.0 Å². The van der Waals surface area contributed by atoms with Gasteiger partial charge in [0.15, 0.2) is 5.65 Å². The van der Waals surface area contributed by atoms with Crippen LogP contribution >= 0.6 is 11.6 Å². The molecule has 2 heterocycles. The summed E-state index contributed by atoms with van der Waals surface area (Å²) in [6, 6.07) is 3.95. The van der Waals surface area contributed by atoms with E-state index in [1.54, 1.807) is 0 Å². The summed E-state index contributed by atoms with van der Waals surface area (Å²) >= 11 is 5.85. The Hall–Kier alpha value is -1.09. The van der Waals surface area contributed by atoms with Crippen molar-refractivity contribution in [2.75, 3.05) is 5.88 Å². The van der Waals surface area contributed by atoms with E-state index in [2.05, 4.69) is 21.5 Å². The Morgan fingerprint density at radius 3 is 3.00 bits per heavy atom. The first kappa shape index (κ1) is 11.0. The maximum atomic E-state index is 5.85. The maximum Gasteiger partial charge on any atom is 0.160 e. The predicted octanol–water partition coefficient (Wildman–Crippen LogP) is 3.01. The van der Waals surface area contributed by atoms with E-state index < -0.39 is 0 Å². The van der Waals surface area contributed by atoms with Crippen molar-refractivity contribution < 1.29 is 0 Å². The van der Waals surface area contributed by atoms with Gasteiger partial charge in [-0.1, -0.05) is 6.92 Å². The van der Waals surface area contributed by atoms with Crippen molar-refractivity contribution in [3.05, 3.63) is 24.2 Å². The Kier molecular flexibility index (Phi) is 2.58. The number of aryl methyl sites for hydroxylation is 1. The maximum absolute atomic E-state index is 5.85. The van der Waals surface area contributed by atoms with Crippen LogP contribution in [-0.4, -0.2) is 20.4 Å². The quantitative estimate of drug-likeness (QED) is 0.780. The monoisotopic (exact) mass is 249 g/mol. The van der Waals surface area contributed by atoms with Crippen molar-refractivity contribution in [3.8, 4) is 0 Å². The summed E-state index contributed by atoms with van der Waals surface area (Å²) in [5, 5.41) is 0. The fraction of sp³-hybridized carbons (Fsp3) is 0.538. The van der Waals surface area contributed by atoms with Crippen LogP contribution < -0.4 is 0 Å². The first-order valence-electron chi connectivity index (χ1n) is 6.08. The highest BCUT2D eigenvalue weighted by molar-refractivity contribution is 6.17. The van der Waals surface area contributed by atoms with E-state index in [9.17, 15) is 0 Å². The molecule has 1 fully saturated rings. The van der Waals surface area contributed by atoms with Crippen molar-refractivity contribution in [3.63, 3.8) is 0 Å². The van der Waals surface area contributed by atoms with Crippen LogP contribution in [0.4, 0.5) is 0 Å². The summed E-state index contributed by atoms with van der Waals surface area (Å²) in [7, 11) is 0. The molecule has 0 atom stereocenters. The van der Waals surface area contributed by atoms with Gasteiger partial charge in [0.05, 0.1) is 0 Å². The number of fused-ring (bicyclic) bond motifs is 1. The number of hydrogen-bond donors (Lipinski definition) is 0. The molecule has 0 aliphatic heterocycles.